The van der Waals surface area contributed by atoms with Crippen molar-refractivity contribution in [3.63, 3.8) is 0 Å². The minimum absolute atomic E-state index is 0.175. The molecule has 5 rings (SSSR count). The van der Waals surface area contributed by atoms with E-state index in [0.717, 1.165) is 18.7 Å². The summed E-state index contributed by atoms with van der Waals surface area (Å²) < 4.78 is 5.70. The number of fused-ring (bicyclic) bond motifs is 3. The zero-order chi connectivity index (χ0) is 34.8. The van der Waals surface area contributed by atoms with Crippen LogP contribution in [0.3, 0.4) is 0 Å². The molecule has 0 aromatic heterocycles. The average molecular weight is 645 g/mol. The normalized spacial score (nSPS) is 30.1. The summed E-state index contributed by atoms with van der Waals surface area (Å²) in [6, 6.07) is 8.91. The van der Waals surface area contributed by atoms with Crippen LogP contribution in [0.5, 0.6) is 11.5 Å². The Morgan fingerprint density at radius 3 is 2.28 bits per heavy atom. The van der Waals surface area contributed by atoms with Gasteiger partial charge in [0.05, 0.1) is 30.3 Å². The Bertz CT molecular complexity index is 1760. The molecule has 0 aliphatic heterocycles. The van der Waals surface area contributed by atoms with E-state index in [1.54, 1.807) is 12.1 Å². The van der Waals surface area contributed by atoms with E-state index in [1.807, 2.05) is 18.2 Å². The number of primary amides is 1. The second-order valence-corrected chi connectivity index (χ2v) is 13.1. The first kappa shape index (κ1) is 33.9. The Hall–Kier alpha value is -4.48. The van der Waals surface area contributed by atoms with E-state index in [1.165, 1.54) is 32.2 Å². The number of aromatic hydroxyl groups is 1. The van der Waals surface area contributed by atoms with E-state index in [9.17, 15) is 34.3 Å². The molecule has 13 nitrogen and oxygen atoms in total. The summed E-state index contributed by atoms with van der Waals surface area (Å²) in [5.74, 6) is -9.60. The zero-order valence-corrected chi connectivity index (χ0v) is 27.1. The van der Waals surface area contributed by atoms with Gasteiger partial charge in [0.15, 0.2) is 34.5 Å². The predicted octanol–water partition coefficient (Wildman–Crippen LogP) is 0.326. The third-order valence-corrected chi connectivity index (χ3v) is 10.3. The minimum Gasteiger partial charge on any atom is -0.507 e. The number of carbonyl (C=O) groups is 5. The molecule has 2 aromatic rings. The predicted molar refractivity (Wildman–Crippen MR) is 170 cm³/mol. The number of likely N-dealkylation sites (N-methyl/N-ethyl adjacent to an activating group) is 1. The van der Waals surface area contributed by atoms with Gasteiger partial charge in [-0.05, 0) is 74.9 Å². The molecule has 0 heterocycles. The number of benzene rings is 2. The maximum atomic E-state index is 14.6. The number of phenols is 1. The van der Waals surface area contributed by atoms with Gasteiger partial charge in [0, 0.05) is 17.6 Å². The third kappa shape index (κ3) is 4.62. The van der Waals surface area contributed by atoms with Crippen LogP contribution >= 0.6 is 0 Å². The number of nitrogens with zero attached hydrogens (tertiary/aromatic N) is 3. The zero-order valence-electron chi connectivity index (χ0n) is 27.1. The van der Waals surface area contributed by atoms with Crippen molar-refractivity contribution in [1.29, 1.82) is 5.26 Å². The molecule has 3 aliphatic carbocycles. The molecule has 0 bridgehead atoms. The van der Waals surface area contributed by atoms with Crippen molar-refractivity contribution in [3.05, 3.63) is 47.0 Å². The van der Waals surface area contributed by atoms with Crippen LogP contribution in [0.4, 0.5) is 0 Å². The molecule has 2 unspecified atom stereocenters. The van der Waals surface area contributed by atoms with E-state index in [-0.39, 0.29) is 12.0 Å². The smallest absolute Gasteiger partial charge is 0.235 e. The van der Waals surface area contributed by atoms with Crippen molar-refractivity contribution in [2.45, 2.75) is 50.4 Å². The van der Waals surface area contributed by atoms with Crippen molar-refractivity contribution in [2.24, 2.45) is 34.5 Å². The van der Waals surface area contributed by atoms with Gasteiger partial charge >= 0.3 is 0 Å². The summed E-state index contributed by atoms with van der Waals surface area (Å²) in [7, 11) is 4.43. The van der Waals surface area contributed by atoms with Crippen molar-refractivity contribution in [2.75, 3.05) is 34.3 Å². The van der Waals surface area contributed by atoms with Gasteiger partial charge in [-0.3, -0.25) is 33.8 Å². The van der Waals surface area contributed by atoms with Crippen LogP contribution in [0, 0.1) is 28.6 Å². The Kier molecular flexibility index (Phi) is 8.39. The molecule has 2 aromatic carbocycles. The Morgan fingerprint density at radius 2 is 1.72 bits per heavy atom. The summed E-state index contributed by atoms with van der Waals surface area (Å²) in [6.45, 7) is 6.43. The topological polar surface area (TPSA) is 223 Å². The molecule has 13 heteroatoms. The molecule has 1 amide bonds. The maximum Gasteiger partial charge on any atom is 0.235 e. The molecule has 2 saturated carbocycles. The SMILES string of the molecule is CCN(CC)Cc1ccc(OC)c(-c2ccc(O)c3c2C[C@@]2(N)C[C@@]4(N)[C@H](N(C)C)C(=O)C(C(N)=O)C(=O)[C@@]4(C#N)C(=O)C2C3=O)c1. The van der Waals surface area contributed by atoms with Crippen molar-refractivity contribution >= 4 is 29.0 Å². The highest BCUT2D eigenvalue weighted by Crippen LogP contribution is 2.57. The quantitative estimate of drug-likeness (QED) is 0.285. The number of hydrogen-bond acceptors (Lipinski definition) is 12. The van der Waals surface area contributed by atoms with Gasteiger partial charge in [-0.1, -0.05) is 26.0 Å². The molecule has 47 heavy (non-hydrogen) atoms. The Balaban J connectivity index is 1.74. The summed E-state index contributed by atoms with van der Waals surface area (Å²) in [5.41, 5.74) is 14.9. The monoisotopic (exact) mass is 644 g/mol. The average Bonchev–Trinajstić information content (AvgIpc) is 2.99. The Labute approximate surface area is 272 Å². The number of ketones is 4. The maximum absolute atomic E-state index is 14.6. The van der Waals surface area contributed by atoms with Crippen LogP contribution < -0.4 is 21.9 Å². The van der Waals surface area contributed by atoms with Crippen LogP contribution in [0.25, 0.3) is 11.1 Å². The van der Waals surface area contributed by atoms with Crippen LogP contribution in [-0.4, -0.2) is 95.4 Å². The van der Waals surface area contributed by atoms with Gasteiger partial charge in [-0.25, -0.2) is 0 Å². The fourth-order valence-electron chi connectivity index (χ4n) is 8.23. The van der Waals surface area contributed by atoms with Crippen LogP contribution in [-0.2, 0) is 32.1 Å². The molecule has 0 radical (unpaired) electrons. The summed E-state index contributed by atoms with van der Waals surface area (Å²) in [6.07, 6.45) is -0.672. The van der Waals surface area contributed by atoms with Crippen LogP contribution in [0.15, 0.2) is 30.3 Å². The van der Waals surface area contributed by atoms with Crippen molar-refractivity contribution in [3.8, 4) is 28.7 Å². The molecular formula is C34H40N6O7. The lowest BCUT2D eigenvalue weighted by Crippen LogP contribution is -2.85. The number of carbonyl (C=O) groups excluding carboxylic acids is 5. The first-order valence-corrected chi connectivity index (χ1v) is 15.4. The van der Waals surface area contributed by atoms with Crippen molar-refractivity contribution in [1.82, 2.24) is 9.80 Å². The largest absolute Gasteiger partial charge is 0.507 e. The molecule has 6 atom stereocenters. The molecule has 3 aliphatic rings. The second kappa shape index (κ2) is 11.6. The number of phenolic OH excluding ortho intramolecular Hbond substituents is 1. The van der Waals surface area contributed by atoms with Gasteiger partial charge in [-0.15, -0.1) is 0 Å². The third-order valence-electron chi connectivity index (χ3n) is 10.3. The molecule has 7 N–H and O–H groups in total. The number of methoxy groups -OCH3 is 1. The number of amides is 1. The number of nitriles is 1. The lowest BCUT2D eigenvalue weighted by molar-refractivity contribution is -0.166. The highest BCUT2D eigenvalue weighted by Gasteiger charge is 2.78. The van der Waals surface area contributed by atoms with Crippen LogP contribution in [0.1, 0.15) is 41.8 Å². The molecular weight excluding hydrogens is 604 g/mol. The van der Waals surface area contributed by atoms with Crippen LogP contribution in [0.2, 0.25) is 0 Å². The fraction of sp³-hybridized carbons (Fsp3) is 0.471. The van der Waals surface area contributed by atoms with E-state index in [4.69, 9.17) is 21.9 Å². The number of Topliss-reactive ketones (excluding diaryl/α,β-unsaturated/α-hetero) is 4. The molecule has 2 fully saturated rings. The molecule has 248 valence electrons. The van der Waals surface area contributed by atoms with E-state index in [0.29, 0.717) is 29.0 Å². The fourth-order valence-corrected chi connectivity index (χ4v) is 8.23. The highest BCUT2D eigenvalue weighted by molar-refractivity contribution is 6.33. The number of nitrogens with two attached hydrogens (primary N) is 3. The minimum atomic E-state index is -2.80. The summed E-state index contributed by atoms with van der Waals surface area (Å²) in [4.78, 5) is 72.6. The molecule has 0 saturated heterocycles. The first-order valence-electron chi connectivity index (χ1n) is 15.4. The van der Waals surface area contributed by atoms with Gasteiger partial charge in [-0.2, -0.15) is 5.26 Å². The standard InChI is InChI=1S/C34H40N6O7/c1-6-40(7-2)14-17-8-11-22(47-5)19(12-17)18-9-10-21(41)23-20(18)13-32(37)15-34(38)28(39(3)4)27(43)24(31(36)46)29(44)33(34,16-35)30(45)25(32)26(23)42/h8-12,24-25,28,41H,6-7,13-15,37-38H2,1-5H3,(H2,36,46)/t24?,25?,28-,32-,33+,34-/m1/s1. The van der Waals surface area contributed by atoms with E-state index >= 15 is 0 Å². The number of ether oxygens (including phenoxy) is 1. The van der Waals surface area contributed by atoms with Gasteiger partial charge in [0.1, 0.15) is 17.4 Å². The summed E-state index contributed by atoms with van der Waals surface area (Å²) in [5, 5.41) is 21.6. The van der Waals surface area contributed by atoms with Gasteiger partial charge in [0.2, 0.25) is 5.91 Å². The lowest BCUT2D eigenvalue weighted by atomic mass is 9.42. The number of hydrogen-bond donors (Lipinski definition) is 4. The van der Waals surface area contributed by atoms with E-state index in [2.05, 4.69) is 18.7 Å². The first-order chi connectivity index (χ1) is 22.1. The van der Waals surface area contributed by atoms with Crippen molar-refractivity contribution < 1.29 is 33.8 Å². The number of rotatable bonds is 8. The summed E-state index contributed by atoms with van der Waals surface area (Å²) >= 11 is 0. The molecule has 0 spiro atoms. The van der Waals surface area contributed by atoms with Gasteiger partial charge in [0.25, 0.3) is 0 Å². The van der Waals surface area contributed by atoms with E-state index < -0.39 is 75.6 Å². The lowest BCUT2D eigenvalue weighted by Gasteiger charge is -2.60. The second-order valence-electron chi connectivity index (χ2n) is 13.1. The Morgan fingerprint density at radius 1 is 1.06 bits per heavy atom. The highest BCUT2D eigenvalue weighted by atomic mass is 16.5. The van der Waals surface area contributed by atoms with Gasteiger partial charge < -0.3 is 27.0 Å².